The predicted octanol–water partition coefficient (Wildman–Crippen LogP) is -4.80. The molecule has 1 aliphatic carbocycles. The van der Waals surface area contributed by atoms with Crippen molar-refractivity contribution in [1.82, 2.24) is 0 Å². The fraction of sp³-hybridized carbons (Fsp3) is 0.826. The second-order valence-electron chi connectivity index (χ2n) is 9.90. The number of fused-ring (bicyclic) bond motifs is 1. The van der Waals surface area contributed by atoms with Crippen molar-refractivity contribution < 1.29 is 78.9 Å². The quantitative estimate of drug-likeness (QED) is 0.135. The Morgan fingerprint density at radius 2 is 1.38 bits per heavy atom. The van der Waals surface area contributed by atoms with E-state index in [2.05, 4.69) is 0 Å². The first kappa shape index (κ1) is 30.0. The molecule has 0 spiro atoms. The summed E-state index contributed by atoms with van der Waals surface area (Å²) < 4.78 is 32.1. The number of carbonyl (C=O) groups excluding carboxylic acids is 2. The van der Waals surface area contributed by atoms with Gasteiger partial charge in [-0.3, -0.25) is 4.79 Å². The molecule has 0 amide bonds. The van der Waals surface area contributed by atoms with Gasteiger partial charge in [-0.1, -0.05) is 0 Å². The van der Waals surface area contributed by atoms with Gasteiger partial charge in [0.15, 0.2) is 6.29 Å². The number of methoxy groups -OCH3 is 1. The number of aliphatic hydroxyl groups is 8. The number of ether oxygens (including phenoxy) is 6. The summed E-state index contributed by atoms with van der Waals surface area (Å²) in [6, 6.07) is 0. The Labute approximate surface area is 221 Å². The first-order chi connectivity index (χ1) is 18.5. The van der Waals surface area contributed by atoms with Gasteiger partial charge in [0.1, 0.15) is 48.8 Å². The lowest BCUT2D eigenvalue weighted by atomic mass is 9.82. The van der Waals surface area contributed by atoms with Crippen LogP contribution in [0.5, 0.6) is 0 Å². The van der Waals surface area contributed by atoms with Gasteiger partial charge >= 0.3 is 11.9 Å². The molecule has 3 fully saturated rings. The Bertz CT molecular complexity index is 909. The Morgan fingerprint density at radius 3 is 1.95 bits per heavy atom. The van der Waals surface area contributed by atoms with Gasteiger partial charge in [0.25, 0.3) is 0 Å². The normalized spacial score (nSPS) is 46.0. The molecule has 0 aromatic carbocycles. The minimum atomic E-state index is -1.83. The molecule has 0 unspecified atom stereocenters. The summed E-state index contributed by atoms with van der Waals surface area (Å²) in [4.78, 5) is 25.7. The average molecular weight is 567 g/mol. The zero-order chi connectivity index (χ0) is 28.6. The first-order valence-electron chi connectivity index (χ1n) is 12.4. The topological polar surface area (TPSA) is 251 Å². The maximum atomic E-state index is 13.1. The van der Waals surface area contributed by atoms with Crippen LogP contribution < -0.4 is 0 Å². The van der Waals surface area contributed by atoms with Gasteiger partial charge in [0, 0.05) is 11.8 Å². The van der Waals surface area contributed by atoms with Crippen LogP contribution in [0, 0.1) is 17.8 Å². The fourth-order valence-corrected chi connectivity index (χ4v) is 5.48. The third kappa shape index (κ3) is 5.64. The van der Waals surface area contributed by atoms with Gasteiger partial charge in [0.05, 0.1) is 38.1 Å². The summed E-state index contributed by atoms with van der Waals surface area (Å²) in [5.74, 6) is -4.11. The Kier molecular flexibility index (Phi) is 9.45. The number of hydrogen-bond donors (Lipinski definition) is 8. The van der Waals surface area contributed by atoms with Crippen LogP contribution in [0.1, 0.15) is 12.8 Å². The van der Waals surface area contributed by atoms with Gasteiger partial charge in [-0.05, 0) is 12.8 Å². The number of carbonyl (C=O) groups is 2. The molecule has 14 atom stereocenters. The molecule has 3 aliphatic heterocycles. The SMILES string of the molecule is COC(=O)[C@H]1CC[C@@H]2C(C(=O)O[C@@H]3O[C@H](CO)[C@@H](O)[C@H](O)[C@H]3O)=CO[C@@H](O[C@@H]3O[C@H](CO)[C@@H](O)[C@H](O)[C@H]3O)[C@H]12. The van der Waals surface area contributed by atoms with Crippen LogP contribution in [0.3, 0.4) is 0 Å². The van der Waals surface area contributed by atoms with E-state index in [4.69, 9.17) is 28.4 Å². The highest BCUT2D eigenvalue weighted by Gasteiger charge is 2.55. The van der Waals surface area contributed by atoms with Gasteiger partial charge in [-0.25, -0.2) is 4.79 Å². The van der Waals surface area contributed by atoms with Gasteiger partial charge in [-0.2, -0.15) is 0 Å². The molecule has 4 rings (SSSR count). The summed E-state index contributed by atoms with van der Waals surface area (Å²) in [6.07, 6.45) is -16.1. The highest BCUT2D eigenvalue weighted by molar-refractivity contribution is 5.89. The lowest BCUT2D eigenvalue weighted by Crippen LogP contribution is -2.60. The van der Waals surface area contributed by atoms with Crippen molar-refractivity contribution in [1.29, 1.82) is 0 Å². The van der Waals surface area contributed by atoms with Crippen molar-refractivity contribution in [2.45, 2.75) is 80.5 Å². The van der Waals surface area contributed by atoms with Crippen molar-refractivity contribution in [3.63, 3.8) is 0 Å². The fourth-order valence-electron chi connectivity index (χ4n) is 5.48. The van der Waals surface area contributed by atoms with Crippen LogP contribution in [-0.4, -0.2) is 141 Å². The summed E-state index contributed by atoms with van der Waals surface area (Å²) >= 11 is 0. The predicted molar refractivity (Wildman–Crippen MR) is 119 cm³/mol. The second-order valence-corrected chi connectivity index (χ2v) is 9.90. The standard InChI is InChI=1S/C23H34O16/c1-34-19(32)8-3-2-7-9(20(33)38-22-17(30)15(28)13(26)10(4-24)36-22)6-35-21(12(7)8)39-23-18(31)16(29)14(27)11(5-25)37-23/h6-8,10-18,21-31H,2-5H2,1H3/t7-,8+,10-,11-,12+,13-,14-,15+,16+,17-,18-,21+,22+,23+/m1/s1. The van der Waals surface area contributed by atoms with Gasteiger partial charge < -0.3 is 69.3 Å². The van der Waals surface area contributed by atoms with E-state index in [0.717, 1.165) is 6.26 Å². The molecule has 1 saturated carbocycles. The van der Waals surface area contributed by atoms with E-state index in [9.17, 15) is 50.4 Å². The molecular weight excluding hydrogens is 532 g/mol. The third-order valence-electron chi connectivity index (χ3n) is 7.69. The van der Waals surface area contributed by atoms with Crippen LogP contribution in [0.15, 0.2) is 11.8 Å². The number of aliphatic hydroxyl groups excluding tert-OH is 8. The van der Waals surface area contributed by atoms with Crippen molar-refractivity contribution in [3.8, 4) is 0 Å². The molecule has 16 heteroatoms. The summed E-state index contributed by atoms with van der Waals surface area (Å²) in [6.45, 7) is -1.42. The lowest BCUT2D eigenvalue weighted by Gasteiger charge is -2.43. The molecule has 0 aromatic heterocycles. The molecular formula is C23H34O16. The highest BCUT2D eigenvalue weighted by atomic mass is 16.8. The van der Waals surface area contributed by atoms with E-state index in [1.807, 2.05) is 0 Å². The van der Waals surface area contributed by atoms with E-state index in [1.165, 1.54) is 7.11 Å². The van der Waals surface area contributed by atoms with E-state index < -0.39 is 111 Å². The minimum Gasteiger partial charge on any atom is -0.472 e. The monoisotopic (exact) mass is 566 g/mol. The summed E-state index contributed by atoms with van der Waals surface area (Å²) in [5.41, 5.74) is -0.0722. The minimum absolute atomic E-state index is 0.0722. The van der Waals surface area contributed by atoms with Gasteiger partial charge in [-0.15, -0.1) is 0 Å². The van der Waals surface area contributed by atoms with Crippen molar-refractivity contribution in [3.05, 3.63) is 11.8 Å². The van der Waals surface area contributed by atoms with Crippen LogP contribution in [0.4, 0.5) is 0 Å². The maximum absolute atomic E-state index is 13.1. The number of hydrogen-bond acceptors (Lipinski definition) is 16. The molecule has 2 saturated heterocycles. The van der Waals surface area contributed by atoms with E-state index in [1.54, 1.807) is 0 Å². The lowest BCUT2D eigenvalue weighted by molar-refractivity contribution is -0.342. The molecule has 4 aliphatic rings. The van der Waals surface area contributed by atoms with Gasteiger partial charge in [0.2, 0.25) is 12.6 Å². The van der Waals surface area contributed by atoms with Crippen LogP contribution in [0.2, 0.25) is 0 Å². The molecule has 0 aromatic rings. The largest absolute Gasteiger partial charge is 0.472 e. The van der Waals surface area contributed by atoms with Crippen molar-refractivity contribution >= 4 is 11.9 Å². The molecule has 222 valence electrons. The van der Waals surface area contributed by atoms with Crippen LogP contribution in [-0.2, 0) is 38.0 Å². The van der Waals surface area contributed by atoms with Crippen LogP contribution in [0.25, 0.3) is 0 Å². The molecule has 0 bridgehead atoms. The maximum Gasteiger partial charge on any atom is 0.339 e. The molecule has 39 heavy (non-hydrogen) atoms. The number of rotatable bonds is 7. The molecule has 0 radical (unpaired) electrons. The summed E-state index contributed by atoms with van der Waals surface area (Å²) in [5, 5.41) is 79.4. The zero-order valence-electron chi connectivity index (χ0n) is 20.8. The number of esters is 2. The molecule has 3 heterocycles. The van der Waals surface area contributed by atoms with E-state index in [0.29, 0.717) is 0 Å². The zero-order valence-corrected chi connectivity index (χ0v) is 20.8. The third-order valence-corrected chi connectivity index (χ3v) is 7.69. The van der Waals surface area contributed by atoms with Crippen LogP contribution >= 0.6 is 0 Å². The van der Waals surface area contributed by atoms with Crippen molar-refractivity contribution in [2.24, 2.45) is 17.8 Å². The van der Waals surface area contributed by atoms with E-state index >= 15 is 0 Å². The molecule has 8 N–H and O–H groups in total. The van der Waals surface area contributed by atoms with Crippen molar-refractivity contribution in [2.75, 3.05) is 20.3 Å². The smallest absolute Gasteiger partial charge is 0.339 e. The molecule has 16 nitrogen and oxygen atoms in total. The Hall–Kier alpha value is -1.96. The average Bonchev–Trinajstić information content (AvgIpc) is 3.38. The summed E-state index contributed by atoms with van der Waals surface area (Å²) in [7, 11) is 1.18. The second kappa shape index (κ2) is 12.3. The Morgan fingerprint density at radius 1 is 0.821 bits per heavy atom. The Balaban J connectivity index is 1.54. The highest BCUT2D eigenvalue weighted by Crippen LogP contribution is 2.48. The van der Waals surface area contributed by atoms with E-state index in [-0.39, 0.29) is 18.4 Å². The first-order valence-corrected chi connectivity index (χ1v) is 12.4.